The van der Waals surface area contributed by atoms with Crippen LogP contribution in [0.5, 0.6) is 0 Å². The zero-order valence-electron chi connectivity index (χ0n) is 20.6. The lowest BCUT2D eigenvalue weighted by Crippen LogP contribution is -2.50. The summed E-state index contributed by atoms with van der Waals surface area (Å²) in [4.78, 5) is 13.4. The van der Waals surface area contributed by atoms with E-state index in [2.05, 4.69) is 33.7 Å². The highest BCUT2D eigenvalue weighted by molar-refractivity contribution is 7.89. The van der Waals surface area contributed by atoms with E-state index in [1.165, 1.54) is 22.5 Å². The minimum atomic E-state index is -3.62. The van der Waals surface area contributed by atoms with Crippen molar-refractivity contribution in [2.45, 2.75) is 17.9 Å². The predicted molar refractivity (Wildman–Crippen MR) is 147 cm³/mol. The zero-order chi connectivity index (χ0) is 26.0. The Kier molecular flexibility index (Phi) is 8.06. The predicted octanol–water partition coefficient (Wildman–Crippen LogP) is 4.28. The topological polar surface area (TPSA) is 81.7 Å². The van der Waals surface area contributed by atoms with Gasteiger partial charge in [0.15, 0.2) is 0 Å². The smallest absolute Gasteiger partial charge is 0.243 e. The van der Waals surface area contributed by atoms with Crippen LogP contribution in [0.4, 0.5) is 5.82 Å². The van der Waals surface area contributed by atoms with E-state index in [4.69, 9.17) is 23.2 Å². The molecule has 0 unspecified atom stereocenters. The number of sulfonamides is 1. The molecule has 11 heteroatoms. The monoisotopic (exact) mass is 548 g/mol. The van der Waals surface area contributed by atoms with Crippen LogP contribution >= 0.6 is 23.2 Å². The number of fused-ring (bicyclic) bond motifs is 1. The number of hydrogen-bond acceptors (Lipinski definition) is 7. The molecule has 8 nitrogen and oxygen atoms in total. The highest BCUT2D eigenvalue weighted by atomic mass is 35.5. The molecule has 0 spiro atoms. The molecule has 0 radical (unpaired) electrons. The first kappa shape index (κ1) is 26.6. The molecule has 1 fully saturated rings. The molecule has 0 bridgehead atoms. The van der Waals surface area contributed by atoms with E-state index < -0.39 is 10.0 Å². The summed E-state index contributed by atoms with van der Waals surface area (Å²) in [6, 6.07) is 10.5. The molecule has 0 amide bonds. The molecule has 3 aromatic rings. The van der Waals surface area contributed by atoms with Crippen molar-refractivity contribution in [3.8, 4) is 0 Å². The highest BCUT2D eigenvalue weighted by Crippen LogP contribution is 2.28. The van der Waals surface area contributed by atoms with E-state index in [-0.39, 0.29) is 16.0 Å². The van der Waals surface area contributed by atoms with Crippen LogP contribution in [0.25, 0.3) is 16.6 Å². The second-order valence-corrected chi connectivity index (χ2v) is 11.8. The Labute approximate surface area is 222 Å². The van der Waals surface area contributed by atoms with Crippen molar-refractivity contribution in [2.75, 3.05) is 52.1 Å². The summed E-state index contributed by atoms with van der Waals surface area (Å²) >= 11 is 12.0. The number of piperazine rings is 1. The third kappa shape index (κ3) is 5.60. The Morgan fingerprint density at radius 1 is 1.11 bits per heavy atom. The van der Waals surface area contributed by atoms with Gasteiger partial charge in [0.05, 0.1) is 20.5 Å². The lowest BCUT2D eigenvalue weighted by molar-refractivity contribution is 0.184. The number of rotatable bonds is 8. The Balaban J connectivity index is 1.40. The van der Waals surface area contributed by atoms with Crippen LogP contribution in [0.15, 0.2) is 54.2 Å². The maximum atomic E-state index is 13.0. The van der Waals surface area contributed by atoms with Gasteiger partial charge in [0.2, 0.25) is 10.0 Å². The van der Waals surface area contributed by atoms with Gasteiger partial charge in [-0.2, -0.15) is 4.31 Å². The Morgan fingerprint density at radius 3 is 2.50 bits per heavy atom. The van der Waals surface area contributed by atoms with Gasteiger partial charge in [-0.1, -0.05) is 41.9 Å². The van der Waals surface area contributed by atoms with E-state index in [0.717, 1.165) is 34.5 Å². The Hall–Kier alpha value is -2.43. The third-order valence-electron chi connectivity index (χ3n) is 6.29. The fourth-order valence-corrected chi connectivity index (χ4v) is 6.09. The first-order chi connectivity index (χ1) is 17.1. The van der Waals surface area contributed by atoms with Gasteiger partial charge < -0.3 is 10.2 Å². The second-order valence-electron chi connectivity index (χ2n) is 9.09. The molecule has 4 rings (SSSR count). The van der Waals surface area contributed by atoms with Crippen LogP contribution in [0, 0.1) is 0 Å². The fraction of sp³-hybridized carbons (Fsp3) is 0.360. The minimum Gasteiger partial charge on any atom is -0.378 e. The first-order valence-electron chi connectivity index (χ1n) is 11.6. The minimum absolute atomic E-state index is 0.0852. The van der Waals surface area contributed by atoms with Gasteiger partial charge >= 0.3 is 0 Å². The molecular weight excluding hydrogens is 519 g/mol. The molecule has 36 heavy (non-hydrogen) atoms. The molecule has 2 heterocycles. The molecule has 1 N–H and O–H groups in total. The molecule has 1 aromatic heterocycles. The van der Waals surface area contributed by atoms with Crippen LogP contribution in [0.2, 0.25) is 10.0 Å². The number of hydrogen-bond donors (Lipinski definition) is 1. The standard InChI is InChI=1S/C25H30Cl2N6O2S/c1-17(30-25-21-7-5-6-20(18(2)31(3)4)24(21)28-16-29-25)15-32-10-12-33(13-11-32)36(34,35)19-8-9-22(26)23(27)14-19/h5-9,14,16-17H,2,10-13,15H2,1,3-4H3,(H,28,29,30)/t17-/m0/s1. The molecule has 0 aliphatic carbocycles. The van der Waals surface area contributed by atoms with Gasteiger partial charge in [-0.05, 0) is 31.2 Å². The third-order valence-corrected chi connectivity index (χ3v) is 8.92. The Bertz CT molecular complexity index is 1370. The summed E-state index contributed by atoms with van der Waals surface area (Å²) in [5, 5.41) is 5.00. The van der Waals surface area contributed by atoms with E-state index in [1.54, 1.807) is 6.33 Å². The summed E-state index contributed by atoms with van der Waals surface area (Å²) < 4.78 is 27.6. The summed E-state index contributed by atoms with van der Waals surface area (Å²) in [5.41, 5.74) is 2.70. The maximum absolute atomic E-state index is 13.0. The normalized spacial score (nSPS) is 16.1. The van der Waals surface area contributed by atoms with Gasteiger partial charge in [0.1, 0.15) is 12.1 Å². The Morgan fingerprint density at radius 2 is 1.83 bits per heavy atom. The molecule has 1 atom stereocenters. The van der Waals surface area contributed by atoms with Crippen molar-refractivity contribution in [3.05, 3.63) is 64.9 Å². The lowest BCUT2D eigenvalue weighted by atomic mass is 10.1. The van der Waals surface area contributed by atoms with E-state index in [9.17, 15) is 8.42 Å². The van der Waals surface area contributed by atoms with E-state index in [1.807, 2.05) is 37.2 Å². The van der Waals surface area contributed by atoms with Crippen molar-refractivity contribution in [2.24, 2.45) is 0 Å². The zero-order valence-corrected chi connectivity index (χ0v) is 22.9. The second kappa shape index (κ2) is 10.9. The average Bonchev–Trinajstić information content (AvgIpc) is 2.85. The summed E-state index contributed by atoms with van der Waals surface area (Å²) in [7, 11) is 0.292. The number of benzene rings is 2. The average molecular weight is 550 g/mol. The summed E-state index contributed by atoms with van der Waals surface area (Å²) in [6.45, 7) is 9.08. The van der Waals surface area contributed by atoms with Gasteiger partial charge in [-0.25, -0.2) is 18.4 Å². The number of nitrogens with zero attached hydrogens (tertiary/aromatic N) is 5. The number of para-hydroxylation sites is 1. The van der Waals surface area contributed by atoms with Crippen LogP contribution in [0.3, 0.4) is 0 Å². The van der Waals surface area contributed by atoms with Crippen molar-refractivity contribution in [1.82, 2.24) is 24.1 Å². The van der Waals surface area contributed by atoms with Crippen LogP contribution in [0.1, 0.15) is 12.5 Å². The van der Waals surface area contributed by atoms with E-state index >= 15 is 0 Å². The molecule has 1 saturated heterocycles. The maximum Gasteiger partial charge on any atom is 0.243 e. The quantitative estimate of drug-likeness (QED) is 0.450. The van der Waals surface area contributed by atoms with Crippen LogP contribution in [-0.2, 0) is 10.0 Å². The van der Waals surface area contributed by atoms with Gasteiger partial charge in [0.25, 0.3) is 0 Å². The van der Waals surface area contributed by atoms with Gasteiger partial charge in [0, 0.05) is 69.5 Å². The number of anilines is 1. The van der Waals surface area contributed by atoms with Gasteiger partial charge in [-0.15, -0.1) is 0 Å². The summed E-state index contributed by atoms with van der Waals surface area (Å²) in [6.07, 6.45) is 1.57. The first-order valence-corrected chi connectivity index (χ1v) is 13.8. The molecular formula is C25H30Cl2N6O2S. The number of nitrogens with one attached hydrogen (secondary N) is 1. The summed E-state index contributed by atoms with van der Waals surface area (Å²) in [5.74, 6) is 0.765. The van der Waals surface area contributed by atoms with Crippen molar-refractivity contribution < 1.29 is 8.42 Å². The molecule has 2 aromatic carbocycles. The fourth-order valence-electron chi connectivity index (χ4n) is 4.28. The molecule has 1 aliphatic rings. The molecule has 192 valence electrons. The van der Waals surface area contributed by atoms with Gasteiger partial charge in [-0.3, -0.25) is 4.90 Å². The lowest BCUT2D eigenvalue weighted by Gasteiger charge is -2.35. The van der Waals surface area contributed by atoms with Crippen molar-refractivity contribution in [1.29, 1.82) is 0 Å². The largest absolute Gasteiger partial charge is 0.378 e. The van der Waals surface area contributed by atoms with Crippen molar-refractivity contribution in [3.63, 3.8) is 0 Å². The van der Waals surface area contributed by atoms with Crippen LogP contribution in [-0.4, -0.2) is 85.4 Å². The number of aromatic nitrogens is 2. The van der Waals surface area contributed by atoms with E-state index in [0.29, 0.717) is 31.2 Å². The van der Waals surface area contributed by atoms with Crippen molar-refractivity contribution >= 4 is 55.6 Å². The molecule has 0 saturated carbocycles. The van der Waals surface area contributed by atoms with Crippen LogP contribution < -0.4 is 5.32 Å². The molecule has 1 aliphatic heterocycles. The number of halogens is 2. The SMILES string of the molecule is C=C(c1cccc2c(N[C@@H](C)CN3CCN(S(=O)(=O)c4ccc(Cl)c(Cl)c4)CC3)ncnc12)N(C)C. The highest BCUT2D eigenvalue weighted by Gasteiger charge is 2.29.